The first-order valence-electron chi connectivity index (χ1n) is 6.76. The Bertz CT molecular complexity index is 887. The maximum Gasteiger partial charge on any atom is 0.271 e. The third-order valence-electron chi connectivity index (χ3n) is 3.24. The van der Waals surface area contributed by atoms with Crippen LogP contribution in [-0.2, 0) is 0 Å². The van der Waals surface area contributed by atoms with Crippen molar-refractivity contribution in [3.63, 3.8) is 0 Å². The first kappa shape index (κ1) is 15.6. The van der Waals surface area contributed by atoms with Gasteiger partial charge in [0.05, 0.1) is 7.11 Å². The van der Waals surface area contributed by atoms with Crippen molar-refractivity contribution >= 4 is 5.91 Å². The molecule has 122 valence electrons. The van der Waals surface area contributed by atoms with E-state index in [2.05, 4.69) is 9.97 Å². The van der Waals surface area contributed by atoms with Crippen LogP contribution in [0, 0.1) is 11.6 Å². The Morgan fingerprint density at radius 1 is 1.21 bits per heavy atom. The van der Waals surface area contributed by atoms with E-state index in [0.29, 0.717) is 11.4 Å². The maximum atomic E-state index is 13.9. The minimum absolute atomic E-state index is 0.0321. The van der Waals surface area contributed by atoms with Crippen molar-refractivity contribution in [3.8, 4) is 28.7 Å². The maximum absolute atomic E-state index is 13.9. The molecule has 0 fully saturated rings. The van der Waals surface area contributed by atoms with Gasteiger partial charge in [-0.15, -0.1) is 0 Å². The summed E-state index contributed by atoms with van der Waals surface area (Å²) in [6.07, 6.45) is 1.37. The van der Waals surface area contributed by atoms with Crippen molar-refractivity contribution in [2.24, 2.45) is 5.73 Å². The summed E-state index contributed by atoms with van der Waals surface area (Å²) in [6, 6.07) is 6.41. The van der Waals surface area contributed by atoms with Crippen LogP contribution in [0.1, 0.15) is 10.5 Å². The van der Waals surface area contributed by atoms with E-state index >= 15 is 0 Å². The highest BCUT2D eigenvalue weighted by atomic mass is 19.1. The standard InChI is InChI=1S/C16H11F2N3O3/c1-23-11-6-5-8(7-20-11)14-13(15(19)22)21-16(24-14)12-9(17)3-2-4-10(12)18/h2-7H,1H3,(H2,19,22). The van der Waals surface area contributed by atoms with E-state index in [-0.39, 0.29) is 17.3 Å². The van der Waals surface area contributed by atoms with Crippen LogP contribution in [0.3, 0.4) is 0 Å². The van der Waals surface area contributed by atoms with Crippen molar-refractivity contribution in [1.82, 2.24) is 9.97 Å². The summed E-state index contributed by atoms with van der Waals surface area (Å²) in [7, 11) is 1.45. The molecule has 3 rings (SSSR count). The van der Waals surface area contributed by atoms with Crippen molar-refractivity contribution in [2.45, 2.75) is 0 Å². The molecule has 0 spiro atoms. The fourth-order valence-electron chi connectivity index (χ4n) is 2.13. The predicted octanol–water partition coefficient (Wildman–Crippen LogP) is 2.79. The molecule has 0 saturated heterocycles. The molecule has 0 atom stereocenters. The molecule has 8 heteroatoms. The minimum atomic E-state index is -0.896. The Labute approximate surface area is 134 Å². The van der Waals surface area contributed by atoms with E-state index in [9.17, 15) is 13.6 Å². The SMILES string of the molecule is COc1ccc(-c2oc(-c3c(F)cccc3F)nc2C(N)=O)cn1. The van der Waals surface area contributed by atoms with E-state index in [4.69, 9.17) is 14.9 Å². The molecular formula is C16H11F2N3O3. The smallest absolute Gasteiger partial charge is 0.271 e. The molecule has 0 aliphatic carbocycles. The lowest BCUT2D eigenvalue weighted by atomic mass is 10.2. The van der Waals surface area contributed by atoms with Crippen LogP contribution in [0.15, 0.2) is 40.9 Å². The number of primary amides is 1. The number of nitrogens with zero attached hydrogens (tertiary/aromatic N) is 2. The lowest BCUT2D eigenvalue weighted by Gasteiger charge is -2.01. The average Bonchev–Trinajstić information content (AvgIpc) is 3.00. The number of oxazole rings is 1. The molecule has 0 aliphatic heterocycles. The molecule has 0 radical (unpaired) electrons. The highest BCUT2D eigenvalue weighted by Gasteiger charge is 2.24. The molecular weight excluding hydrogens is 320 g/mol. The van der Waals surface area contributed by atoms with Gasteiger partial charge in [0.25, 0.3) is 5.91 Å². The number of halogens is 2. The zero-order chi connectivity index (χ0) is 17.3. The first-order chi connectivity index (χ1) is 11.5. The highest BCUT2D eigenvalue weighted by Crippen LogP contribution is 2.32. The molecule has 3 aromatic rings. The van der Waals surface area contributed by atoms with Crippen LogP contribution in [0.2, 0.25) is 0 Å². The highest BCUT2D eigenvalue weighted by molar-refractivity contribution is 5.97. The van der Waals surface area contributed by atoms with Crippen molar-refractivity contribution in [3.05, 3.63) is 53.9 Å². The zero-order valence-electron chi connectivity index (χ0n) is 12.4. The summed E-state index contributed by atoms with van der Waals surface area (Å²) < 4.78 is 38.1. The number of pyridine rings is 1. The second-order valence-electron chi connectivity index (χ2n) is 4.75. The second kappa shape index (κ2) is 6.07. The van der Waals surface area contributed by atoms with Gasteiger partial charge in [0.2, 0.25) is 11.8 Å². The van der Waals surface area contributed by atoms with E-state index in [0.717, 1.165) is 12.1 Å². The minimum Gasteiger partial charge on any atom is -0.481 e. The Hall–Kier alpha value is -3.29. The van der Waals surface area contributed by atoms with Gasteiger partial charge in [0.15, 0.2) is 11.5 Å². The van der Waals surface area contributed by atoms with Crippen LogP contribution >= 0.6 is 0 Å². The number of ether oxygens (including phenoxy) is 1. The molecule has 2 N–H and O–H groups in total. The summed E-state index contributed by atoms with van der Waals surface area (Å²) in [4.78, 5) is 19.4. The number of rotatable bonds is 4. The largest absolute Gasteiger partial charge is 0.481 e. The molecule has 6 nitrogen and oxygen atoms in total. The lowest BCUT2D eigenvalue weighted by molar-refractivity contribution is 0.0996. The molecule has 0 bridgehead atoms. The number of hydrogen-bond donors (Lipinski definition) is 1. The van der Waals surface area contributed by atoms with Crippen LogP contribution in [-0.4, -0.2) is 23.0 Å². The second-order valence-corrected chi connectivity index (χ2v) is 4.75. The molecule has 2 aromatic heterocycles. The Balaban J connectivity index is 2.16. The topological polar surface area (TPSA) is 91.2 Å². The van der Waals surface area contributed by atoms with Gasteiger partial charge < -0.3 is 14.9 Å². The van der Waals surface area contributed by atoms with Crippen LogP contribution in [0.5, 0.6) is 5.88 Å². The summed E-state index contributed by atoms with van der Waals surface area (Å²) in [5, 5.41) is 0. The molecule has 0 saturated carbocycles. The van der Waals surface area contributed by atoms with Gasteiger partial charge in [0, 0.05) is 17.8 Å². The van der Waals surface area contributed by atoms with Gasteiger partial charge in [-0.3, -0.25) is 4.79 Å². The molecule has 24 heavy (non-hydrogen) atoms. The average molecular weight is 331 g/mol. The fourth-order valence-corrected chi connectivity index (χ4v) is 2.13. The third kappa shape index (κ3) is 2.69. The molecule has 0 unspecified atom stereocenters. The van der Waals surface area contributed by atoms with E-state index in [1.54, 1.807) is 6.07 Å². The Morgan fingerprint density at radius 3 is 2.46 bits per heavy atom. The van der Waals surface area contributed by atoms with E-state index < -0.39 is 23.1 Å². The number of methoxy groups -OCH3 is 1. The van der Waals surface area contributed by atoms with Crippen LogP contribution in [0.4, 0.5) is 8.78 Å². The van der Waals surface area contributed by atoms with Crippen LogP contribution in [0.25, 0.3) is 22.8 Å². The van der Waals surface area contributed by atoms with Gasteiger partial charge in [-0.1, -0.05) is 6.07 Å². The number of nitrogens with two attached hydrogens (primary N) is 1. The quantitative estimate of drug-likeness (QED) is 0.794. The molecule has 1 aromatic carbocycles. The third-order valence-corrected chi connectivity index (χ3v) is 3.24. The summed E-state index contributed by atoms with van der Waals surface area (Å²) in [6.45, 7) is 0. The summed E-state index contributed by atoms with van der Waals surface area (Å²) >= 11 is 0. The number of amides is 1. The molecule has 2 heterocycles. The van der Waals surface area contributed by atoms with E-state index in [1.165, 1.54) is 25.4 Å². The number of benzene rings is 1. The van der Waals surface area contributed by atoms with E-state index in [1.807, 2.05) is 0 Å². The van der Waals surface area contributed by atoms with Crippen molar-refractivity contribution < 1.29 is 22.7 Å². The first-order valence-corrected chi connectivity index (χ1v) is 6.76. The molecule has 1 amide bonds. The predicted molar refractivity (Wildman–Crippen MR) is 80.2 cm³/mol. The monoisotopic (exact) mass is 331 g/mol. The van der Waals surface area contributed by atoms with Crippen molar-refractivity contribution in [1.29, 1.82) is 0 Å². The van der Waals surface area contributed by atoms with Gasteiger partial charge in [-0.05, 0) is 18.2 Å². The number of carbonyl (C=O) groups excluding carboxylic acids is 1. The zero-order valence-corrected chi connectivity index (χ0v) is 12.4. The van der Waals surface area contributed by atoms with Crippen molar-refractivity contribution in [2.75, 3.05) is 7.11 Å². The normalized spacial score (nSPS) is 10.6. The van der Waals surface area contributed by atoms with Gasteiger partial charge in [-0.25, -0.2) is 18.7 Å². The Kier molecular flexibility index (Phi) is 3.95. The number of aromatic nitrogens is 2. The number of hydrogen-bond acceptors (Lipinski definition) is 5. The summed E-state index contributed by atoms with van der Waals surface area (Å²) in [5.74, 6) is -2.70. The fraction of sp³-hybridized carbons (Fsp3) is 0.0625. The summed E-state index contributed by atoms with van der Waals surface area (Å²) in [5.41, 5.74) is 4.91. The van der Waals surface area contributed by atoms with Gasteiger partial charge in [-0.2, -0.15) is 0 Å². The number of carbonyl (C=O) groups is 1. The van der Waals surface area contributed by atoms with Gasteiger partial charge in [0.1, 0.15) is 17.2 Å². The van der Waals surface area contributed by atoms with Gasteiger partial charge >= 0.3 is 0 Å². The Morgan fingerprint density at radius 2 is 1.92 bits per heavy atom. The lowest BCUT2D eigenvalue weighted by Crippen LogP contribution is -2.12. The van der Waals surface area contributed by atoms with Crippen LogP contribution < -0.4 is 10.5 Å². The molecule has 0 aliphatic rings.